The molecule has 2 heterocycles. The Hall–Kier alpha value is -3.45. The van der Waals surface area contributed by atoms with E-state index in [2.05, 4.69) is 50.4 Å². The average molecular weight is 490 g/mol. The molecule has 4 rings (SSSR count). The number of nitrogens with one attached hydrogen (secondary N) is 1. The zero-order chi connectivity index (χ0) is 25.3. The summed E-state index contributed by atoms with van der Waals surface area (Å²) in [5, 5.41) is 3.47. The zero-order valence-corrected chi connectivity index (χ0v) is 21.9. The third-order valence-corrected chi connectivity index (χ3v) is 7.21. The lowest BCUT2D eigenvalue weighted by molar-refractivity contribution is -0.116. The molecule has 2 aromatic carbocycles. The molecule has 0 unspecified atom stereocenters. The first-order valence-corrected chi connectivity index (χ1v) is 12.5. The lowest BCUT2D eigenvalue weighted by Gasteiger charge is -2.19. The van der Waals surface area contributed by atoms with Crippen LogP contribution in [0.1, 0.15) is 54.1 Å². The quantitative estimate of drug-likeness (QED) is 0.314. The molecule has 0 atom stereocenters. The van der Waals surface area contributed by atoms with E-state index in [0.29, 0.717) is 10.6 Å². The number of benzene rings is 2. The second-order valence-electron chi connectivity index (χ2n) is 9.59. The highest BCUT2D eigenvalue weighted by atomic mass is 32.1. The van der Waals surface area contributed by atoms with Gasteiger partial charge in [0.25, 0.3) is 0 Å². The van der Waals surface area contributed by atoms with E-state index in [9.17, 15) is 9.59 Å². The van der Waals surface area contributed by atoms with Crippen molar-refractivity contribution in [1.29, 1.82) is 0 Å². The summed E-state index contributed by atoms with van der Waals surface area (Å²) in [6.45, 7) is 12.5. The average Bonchev–Trinajstić information content (AvgIpc) is 3.30. The van der Waals surface area contributed by atoms with E-state index in [1.54, 1.807) is 6.92 Å². The number of thiophene rings is 1. The summed E-state index contributed by atoms with van der Waals surface area (Å²) in [4.78, 5) is 31.6. The lowest BCUT2D eigenvalue weighted by Crippen LogP contribution is -2.20. The predicted molar refractivity (Wildman–Crippen MR) is 142 cm³/mol. The number of aryl methyl sites for hydroxylation is 1. The van der Waals surface area contributed by atoms with E-state index in [4.69, 9.17) is 9.72 Å². The molecule has 1 amide bonds. The maximum absolute atomic E-state index is 13.2. The molecule has 0 aliphatic heterocycles. The number of carbonyl (C=O) groups excluding carboxylic acids is 2. The Balaban J connectivity index is 1.68. The van der Waals surface area contributed by atoms with Gasteiger partial charge in [0.2, 0.25) is 5.91 Å². The van der Waals surface area contributed by atoms with Crippen LogP contribution in [0.15, 0.2) is 48.5 Å². The fourth-order valence-corrected chi connectivity index (χ4v) is 5.11. The van der Waals surface area contributed by atoms with Gasteiger partial charge < -0.3 is 14.6 Å². The third kappa shape index (κ3) is 5.00. The van der Waals surface area contributed by atoms with Crippen LogP contribution in [0.5, 0.6) is 0 Å². The second-order valence-corrected chi connectivity index (χ2v) is 10.8. The summed E-state index contributed by atoms with van der Waals surface area (Å²) in [5.41, 5.74) is 5.18. The number of esters is 1. The first-order chi connectivity index (χ1) is 16.6. The molecule has 0 spiro atoms. The Kier molecular flexibility index (Phi) is 6.81. The topological polar surface area (TPSA) is 73.2 Å². The molecule has 0 aliphatic rings. The van der Waals surface area contributed by atoms with Gasteiger partial charge >= 0.3 is 5.97 Å². The number of ether oxygens (including phenoxy) is 1. The molecule has 7 heteroatoms. The van der Waals surface area contributed by atoms with E-state index in [1.165, 1.54) is 16.9 Å². The van der Waals surface area contributed by atoms with Gasteiger partial charge in [-0.25, -0.2) is 9.78 Å². The standard InChI is InChI=1S/C28H31N3O3S/c1-7-34-27(33)24-17(2)18(3)35-26(24)30-23(32)16-31-22-11-9-8-10-21(22)29-25(31)19-12-14-20(15-13-19)28(4,5)6/h8-15H,7,16H2,1-6H3,(H,30,32). The number of fused-ring (bicyclic) bond motifs is 1. The van der Waals surface area contributed by atoms with Gasteiger partial charge in [-0.15, -0.1) is 11.3 Å². The van der Waals surface area contributed by atoms with Gasteiger partial charge in [-0.1, -0.05) is 57.2 Å². The van der Waals surface area contributed by atoms with Gasteiger partial charge in [-0.3, -0.25) is 4.79 Å². The van der Waals surface area contributed by atoms with Crippen LogP contribution >= 0.6 is 11.3 Å². The number of anilines is 1. The lowest BCUT2D eigenvalue weighted by atomic mass is 9.87. The SMILES string of the molecule is CCOC(=O)c1c(NC(=O)Cn2c(-c3ccc(C(C)(C)C)cc3)nc3ccccc32)sc(C)c1C. The summed E-state index contributed by atoms with van der Waals surface area (Å²) in [7, 11) is 0. The molecule has 182 valence electrons. The van der Waals surface area contributed by atoms with Crippen molar-refractivity contribution in [2.24, 2.45) is 0 Å². The fraction of sp³-hybridized carbons (Fsp3) is 0.321. The van der Waals surface area contributed by atoms with Crippen LogP contribution in [0.25, 0.3) is 22.4 Å². The summed E-state index contributed by atoms with van der Waals surface area (Å²) in [6, 6.07) is 16.1. The number of hydrogen-bond donors (Lipinski definition) is 1. The van der Waals surface area contributed by atoms with Crippen LogP contribution in [0.3, 0.4) is 0 Å². The van der Waals surface area contributed by atoms with Gasteiger partial charge in [0, 0.05) is 10.4 Å². The van der Waals surface area contributed by atoms with Crippen molar-refractivity contribution < 1.29 is 14.3 Å². The van der Waals surface area contributed by atoms with Crippen molar-refractivity contribution >= 4 is 39.2 Å². The molecule has 2 aromatic heterocycles. The van der Waals surface area contributed by atoms with Crippen LogP contribution in [-0.4, -0.2) is 28.0 Å². The first kappa shape index (κ1) is 24.7. The molecule has 6 nitrogen and oxygen atoms in total. The summed E-state index contributed by atoms with van der Waals surface area (Å²) >= 11 is 1.39. The Morgan fingerprint density at radius 2 is 1.74 bits per heavy atom. The van der Waals surface area contributed by atoms with Crippen molar-refractivity contribution in [3.05, 3.63) is 70.1 Å². The third-order valence-electron chi connectivity index (χ3n) is 6.08. The van der Waals surface area contributed by atoms with Gasteiger partial charge in [0.15, 0.2) is 0 Å². The van der Waals surface area contributed by atoms with Crippen LogP contribution < -0.4 is 5.32 Å². The van der Waals surface area contributed by atoms with Crippen molar-refractivity contribution in [2.75, 3.05) is 11.9 Å². The van der Waals surface area contributed by atoms with E-state index < -0.39 is 5.97 Å². The molecule has 0 bridgehead atoms. The smallest absolute Gasteiger partial charge is 0.341 e. The normalized spacial score (nSPS) is 11.6. The van der Waals surface area contributed by atoms with Crippen LogP contribution in [-0.2, 0) is 21.5 Å². The maximum Gasteiger partial charge on any atom is 0.341 e. The van der Waals surface area contributed by atoms with Crippen LogP contribution in [0.2, 0.25) is 0 Å². The monoisotopic (exact) mass is 489 g/mol. The number of para-hydroxylation sites is 2. The zero-order valence-electron chi connectivity index (χ0n) is 21.1. The molecule has 35 heavy (non-hydrogen) atoms. The number of aromatic nitrogens is 2. The molecule has 0 fully saturated rings. The molecule has 0 saturated heterocycles. The Labute approximate surface area is 210 Å². The highest BCUT2D eigenvalue weighted by molar-refractivity contribution is 7.16. The maximum atomic E-state index is 13.2. The fourth-order valence-electron chi connectivity index (χ4n) is 4.05. The molecule has 0 saturated carbocycles. The molecule has 1 N–H and O–H groups in total. The number of carbonyl (C=O) groups is 2. The summed E-state index contributed by atoms with van der Waals surface area (Å²) in [6.07, 6.45) is 0. The first-order valence-electron chi connectivity index (χ1n) is 11.7. The number of hydrogen-bond acceptors (Lipinski definition) is 5. The molecule has 0 radical (unpaired) electrons. The summed E-state index contributed by atoms with van der Waals surface area (Å²) < 4.78 is 7.14. The predicted octanol–water partition coefficient (Wildman–Crippen LogP) is 6.49. The molecular weight excluding hydrogens is 458 g/mol. The van der Waals surface area contributed by atoms with E-state index >= 15 is 0 Å². The van der Waals surface area contributed by atoms with Gasteiger partial charge in [0.05, 0.1) is 23.2 Å². The van der Waals surface area contributed by atoms with Crippen molar-refractivity contribution in [2.45, 2.75) is 53.5 Å². The Bertz CT molecular complexity index is 1390. The van der Waals surface area contributed by atoms with Crippen molar-refractivity contribution in [1.82, 2.24) is 9.55 Å². The van der Waals surface area contributed by atoms with Crippen LogP contribution in [0.4, 0.5) is 5.00 Å². The largest absolute Gasteiger partial charge is 0.462 e. The summed E-state index contributed by atoms with van der Waals surface area (Å²) in [5.74, 6) is 0.0795. The van der Waals surface area contributed by atoms with Crippen molar-refractivity contribution in [3.63, 3.8) is 0 Å². The number of amides is 1. The minimum absolute atomic E-state index is 0.0478. The second kappa shape index (κ2) is 9.66. The molecule has 4 aromatic rings. The Morgan fingerprint density at radius 1 is 1.06 bits per heavy atom. The van der Waals surface area contributed by atoms with Crippen LogP contribution in [0, 0.1) is 13.8 Å². The van der Waals surface area contributed by atoms with E-state index in [1.807, 2.05) is 42.7 Å². The number of imidazole rings is 1. The minimum atomic E-state index is -0.419. The van der Waals surface area contributed by atoms with E-state index in [-0.39, 0.29) is 24.5 Å². The molecule has 0 aliphatic carbocycles. The highest BCUT2D eigenvalue weighted by Gasteiger charge is 2.23. The molecular formula is C28H31N3O3S. The number of nitrogens with zero attached hydrogens (tertiary/aromatic N) is 2. The van der Waals surface area contributed by atoms with Crippen molar-refractivity contribution in [3.8, 4) is 11.4 Å². The van der Waals surface area contributed by atoms with Gasteiger partial charge in [-0.05, 0) is 49.4 Å². The van der Waals surface area contributed by atoms with E-state index in [0.717, 1.165) is 32.9 Å². The number of rotatable bonds is 6. The minimum Gasteiger partial charge on any atom is -0.462 e. The Morgan fingerprint density at radius 3 is 2.40 bits per heavy atom. The van der Waals surface area contributed by atoms with Gasteiger partial charge in [0.1, 0.15) is 17.4 Å². The highest BCUT2D eigenvalue weighted by Crippen LogP contribution is 2.33. The van der Waals surface area contributed by atoms with Gasteiger partial charge in [-0.2, -0.15) is 0 Å².